The second-order valence-corrected chi connectivity index (χ2v) is 10.2. The van der Waals surface area contributed by atoms with E-state index < -0.39 is 9.84 Å². The van der Waals surface area contributed by atoms with Crippen molar-refractivity contribution in [1.29, 1.82) is 0 Å². The van der Waals surface area contributed by atoms with E-state index in [9.17, 15) is 8.42 Å². The maximum absolute atomic E-state index is 11.4. The minimum absolute atomic E-state index is 0.0847. The zero-order chi connectivity index (χ0) is 20.1. The van der Waals surface area contributed by atoms with Crippen molar-refractivity contribution in [2.75, 3.05) is 25.6 Å². The number of sulfone groups is 1. The van der Waals surface area contributed by atoms with E-state index >= 15 is 0 Å². The van der Waals surface area contributed by atoms with Crippen molar-refractivity contribution in [3.05, 3.63) is 48.0 Å². The molecule has 148 valence electrons. The highest BCUT2D eigenvalue weighted by Crippen LogP contribution is 2.24. The van der Waals surface area contributed by atoms with Crippen LogP contribution in [-0.4, -0.2) is 40.0 Å². The molecule has 2 aromatic rings. The van der Waals surface area contributed by atoms with E-state index in [4.69, 9.17) is 0 Å². The van der Waals surface area contributed by atoms with E-state index in [0.717, 1.165) is 0 Å². The Labute approximate surface area is 163 Å². The van der Waals surface area contributed by atoms with E-state index in [1.165, 1.54) is 22.6 Å². The summed E-state index contributed by atoms with van der Waals surface area (Å²) in [5.74, 6) is 0.906. The van der Waals surface area contributed by atoms with Gasteiger partial charge in [0.2, 0.25) is 0 Å². The number of nitrogens with zero attached hydrogens (tertiary/aromatic N) is 1. The number of hydrogen-bond acceptors (Lipinski definition) is 3. The number of benzene rings is 2. The highest BCUT2D eigenvalue weighted by molar-refractivity contribution is 7.90. The van der Waals surface area contributed by atoms with E-state index in [1.54, 1.807) is 7.05 Å². The van der Waals surface area contributed by atoms with Gasteiger partial charge in [0.25, 0.3) is 0 Å². The second-order valence-electron chi connectivity index (χ2n) is 7.90. The molecule has 0 saturated carbocycles. The summed E-state index contributed by atoms with van der Waals surface area (Å²) in [5.41, 5.74) is 1.07. The van der Waals surface area contributed by atoms with Gasteiger partial charge in [0.05, 0.1) is 11.8 Å². The molecule has 0 bridgehead atoms. The minimum Gasteiger partial charge on any atom is -0.356 e. The molecule has 0 aromatic heterocycles. The predicted octanol–water partition coefficient (Wildman–Crippen LogP) is 3.53. The Morgan fingerprint density at radius 2 is 1.81 bits per heavy atom. The number of hydrogen-bond donors (Lipinski definition) is 2. The van der Waals surface area contributed by atoms with E-state index in [-0.39, 0.29) is 17.2 Å². The molecule has 0 aliphatic heterocycles. The van der Waals surface area contributed by atoms with Crippen LogP contribution in [0.2, 0.25) is 0 Å². The zero-order valence-electron chi connectivity index (χ0n) is 16.9. The van der Waals surface area contributed by atoms with Gasteiger partial charge >= 0.3 is 0 Å². The average molecular weight is 390 g/mol. The lowest BCUT2D eigenvalue weighted by atomic mass is 9.90. The zero-order valence-corrected chi connectivity index (χ0v) is 17.7. The summed E-state index contributed by atoms with van der Waals surface area (Å²) < 4.78 is 22.9. The molecule has 0 amide bonds. The van der Waals surface area contributed by atoms with Crippen LogP contribution in [0.15, 0.2) is 47.5 Å². The first-order valence-corrected chi connectivity index (χ1v) is 11.3. The Kier molecular flexibility index (Phi) is 6.87. The summed E-state index contributed by atoms with van der Waals surface area (Å²) >= 11 is 0. The molecule has 0 aliphatic rings. The van der Waals surface area contributed by atoms with Gasteiger partial charge in [0.15, 0.2) is 5.96 Å². The summed E-state index contributed by atoms with van der Waals surface area (Å²) in [6, 6.07) is 14.7. The fourth-order valence-electron chi connectivity index (χ4n) is 2.98. The van der Waals surface area contributed by atoms with Crippen molar-refractivity contribution in [2.45, 2.75) is 33.2 Å². The standard InChI is InChI=1S/C21H31N3O2S/c1-16(18-12-8-10-17-9-6-7-11-19(17)18)24-20(22-4)23-15-21(2,3)13-14-27(5,25)26/h6-12,16H,13-15H2,1-5H3,(H2,22,23,24). The third kappa shape index (κ3) is 6.54. The lowest BCUT2D eigenvalue weighted by Crippen LogP contribution is -2.43. The van der Waals surface area contributed by atoms with E-state index in [2.05, 4.69) is 72.8 Å². The van der Waals surface area contributed by atoms with Crippen LogP contribution in [0.5, 0.6) is 0 Å². The largest absolute Gasteiger partial charge is 0.356 e. The fraction of sp³-hybridized carbons (Fsp3) is 0.476. The molecule has 27 heavy (non-hydrogen) atoms. The van der Waals surface area contributed by atoms with Gasteiger partial charge in [-0.1, -0.05) is 56.3 Å². The van der Waals surface area contributed by atoms with Crippen LogP contribution in [-0.2, 0) is 9.84 Å². The number of aliphatic imine (C=N–C) groups is 1. The quantitative estimate of drug-likeness (QED) is 0.561. The Balaban J connectivity index is 2.02. The van der Waals surface area contributed by atoms with Gasteiger partial charge in [-0.25, -0.2) is 8.42 Å². The first-order chi connectivity index (χ1) is 12.6. The summed E-state index contributed by atoms with van der Waals surface area (Å²) in [6.45, 7) is 6.88. The maximum Gasteiger partial charge on any atom is 0.191 e. The Morgan fingerprint density at radius 3 is 2.48 bits per heavy atom. The van der Waals surface area contributed by atoms with Gasteiger partial charge < -0.3 is 10.6 Å². The normalized spacial score (nSPS) is 14.2. The SMILES string of the molecule is CN=C(NCC(C)(C)CCS(C)(=O)=O)NC(C)c1cccc2ccccc12. The number of nitrogens with one attached hydrogen (secondary N) is 2. The number of rotatable bonds is 7. The Morgan fingerprint density at radius 1 is 1.15 bits per heavy atom. The van der Waals surface area contributed by atoms with Crippen molar-refractivity contribution < 1.29 is 8.42 Å². The highest BCUT2D eigenvalue weighted by Gasteiger charge is 2.21. The van der Waals surface area contributed by atoms with Gasteiger partial charge in [-0.15, -0.1) is 0 Å². The summed E-state index contributed by atoms with van der Waals surface area (Å²) in [5, 5.41) is 9.22. The molecule has 0 fully saturated rings. The molecule has 0 saturated heterocycles. The summed E-state index contributed by atoms with van der Waals surface area (Å²) in [7, 11) is -1.21. The van der Waals surface area contributed by atoms with Gasteiger partial charge in [-0.05, 0) is 35.1 Å². The van der Waals surface area contributed by atoms with Gasteiger partial charge in [0, 0.05) is 19.8 Å². The van der Waals surface area contributed by atoms with Gasteiger partial charge in [0.1, 0.15) is 9.84 Å². The average Bonchev–Trinajstić information content (AvgIpc) is 2.62. The smallest absolute Gasteiger partial charge is 0.191 e. The monoisotopic (exact) mass is 389 g/mol. The molecular weight excluding hydrogens is 358 g/mol. The molecule has 6 heteroatoms. The first kappa shape index (κ1) is 21.2. The third-order valence-corrected chi connectivity index (χ3v) is 5.70. The molecule has 2 N–H and O–H groups in total. The lowest BCUT2D eigenvalue weighted by molar-refractivity contribution is 0.348. The molecule has 0 aliphatic carbocycles. The van der Waals surface area contributed by atoms with Gasteiger partial charge in [-0.3, -0.25) is 4.99 Å². The van der Waals surface area contributed by atoms with Crippen LogP contribution in [0.3, 0.4) is 0 Å². The topological polar surface area (TPSA) is 70.6 Å². The molecule has 1 unspecified atom stereocenters. The molecule has 0 radical (unpaired) electrons. The summed E-state index contributed by atoms with van der Waals surface area (Å²) in [6.07, 6.45) is 1.89. The molecule has 2 rings (SSSR count). The lowest BCUT2D eigenvalue weighted by Gasteiger charge is -2.27. The molecule has 0 heterocycles. The molecule has 2 aromatic carbocycles. The summed E-state index contributed by atoms with van der Waals surface area (Å²) in [4.78, 5) is 4.32. The third-order valence-electron chi connectivity index (χ3n) is 4.75. The molecular formula is C21H31N3O2S. The van der Waals surface area contributed by atoms with Gasteiger partial charge in [-0.2, -0.15) is 0 Å². The van der Waals surface area contributed by atoms with Crippen molar-refractivity contribution in [1.82, 2.24) is 10.6 Å². The number of fused-ring (bicyclic) bond motifs is 1. The van der Waals surface area contributed by atoms with E-state index in [0.29, 0.717) is 18.9 Å². The Hall–Kier alpha value is -2.08. The fourth-order valence-corrected chi connectivity index (χ4v) is 3.90. The first-order valence-electron chi connectivity index (χ1n) is 9.24. The highest BCUT2D eigenvalue weighted by atomic mass is 32.2. The Bertz CT molecular complexity index is 899. The minimum atomic E-state index is -2.95. The van der Waals surface area contributed by atoms with Crippen LogP contribution < -0.4 is 10.6 Å². The molecule has 1 atom stereocenters. The van der Waals surface area contributed by atoms with Crippen LogP contribution in [0.25, 0.3) is 10.8 Å². The van der Waals surface area contributed by atoms with Crippen molar-refractivity contribution >= 4 is 26.6 Å². The van der Waals surface area contributed by atoms with Crippen molar-refractivity contribution in [2.24, 2.45) is 10.4 Å². The van der Waals surface area contributed by atoms with Crippen LogP contribution in [0.1, 0.15) is 38.8 Å². The number of guanidine groups is 1. The van der Waals surface area contributed by atoms with Crippen LogP contribution >= 0.6 is 0 Å². The van der Waals surface area contributed by atoms with Crippen LogP contribution in [0, 0.1) is 5.41 Å². The molecule has 5 nitrogen and oxygen atoms in total. The van der Waals surface area contributed by atoms with Crippen molar-refractivity contribution in [3.8, 4) is 0 Å². The predicted molar refractivity (Wildman–Crippen MR) is 115 cm³/mol. The van der Waals surface area contributed by atoms with E-state index in [1.807, 2.05) is 6.07 Å². The molecule has 0 spiro atoms. The maximum atomic E-state index is 11.4. The van der Waals surface area contributed by atoms with Crippen molar-refractivity contribution in [3.63, 3.8) is 0 Å². The van der Waals surface area contributed by atoms with Crippen LogP contribution in [0.4, 0.5) is 0 Å². The second kappa shape index (κ2) is 8.74.